The molecule has 0 aliphatic heterocycles. The van der Waals surface area contributed by atoms with Crippen LogP contribution in [0.1, 0.15) is 29.8 Å². The minimum atomic E-state index is -1.13. The first-order chi connectivity index (χ1) is 12.8. The summed E-state index contributed by atoms with van der Waals surface area (Å²) < 4.78 is 16.1. The summed E-state index contributed by atoms with van der Waals surface area (Å²) in [7, 11) is 2.82. The summed E-state index contributed by atoms with van der Waals surface area (Å²) >= 11 is 0. The molecule has 0 bridgehead atoms. The molecule has 0 saturated carbocycles. The Hall–Kier alpha value is -3.22. The van der Waals surface area contributed by atoms with E-state index in [1.54, 1.807) is 6.07 Å². The normalized spacial score (nSPS) is 10.4. The molecule has 0 saturated heterocycles. The maximum Gasteiger partial charge on any atom is 0.335 e. The van der Waals surface area contributed by atoms with Crippen molar-refractivity contribution in [2.24, 2.45) is 0 Å². The number of benzene rings is 2. The van der Waals surface area contributed by atoms with Crippen LogP contribution in [-0.2, 0) is 11.2 Å². The molecule has 1 amide bonds. The fraction of sp³-hybridized carbons (Fsp3) is 0.300. The highest BCUT2D eigenvalue weighted by Gasteiger charge is 2.18. The lowest BCUT2D eigenvalue weighted by atomic mass is 10.1. The molecule has 2 N–H and O–H groups in total. The molecule has 0 fully saturated rings. The Morgan fingerprint density at radius 2 is 1.85 bits per heavy atom. The molecule has 7 heteroatoms. The molecule has 2 aromatic rings. The number of carboxylic acids is 1. The number of anilines is 1. The Labute approximate surface area is 157 Å². The van der Waals surface area contributed by atoms with E-state index >= 15 is 0 Å². The first-order valence-corrected chi connectivity index (χ1v) is 8.38. The molecule has 7 nitrogen and oxygen atoms in total. The summed E-state index contributed by atoms with van der Waals surface area (Å²) in [6, 6.07) is 9.92. The van der Waals surface area contributed by atoms with E-state index in [1.165, 1.54) is 26.4 Å². The van der Waals surface area contributed by atoms with Crippen LogP contribution in [0.4, 0.5) is 5.69 Å². The number of hydrogen-bond acceptors (Lipinski definition) is 5. The number of amides is 1. The molecular weight excluding hydrogens is 350 g/mol. The van der Waals surface area contributed by atoms with Crippen molar-refractivity contribution in [2.75, 3.05) is 19.5 Å². The number of ether oxygens (including phenoxy) is 3. The second-order valence-corrected chi connectivity index (χ2v) is 6.10. The second-order valence-electron chi connectivity index (χ2n) is 6.10. The van der Waals surface area contributed by atoms with Gasteiger partial charge in [-0.1, -0.05) is 12.1 Å². The van der Waals surface area contributed by atoms with E-state index in [0.29, 0.717) is 5.75 Å². The first kappa shape index (κ1) is 20.1. The van der Waals surface area contributed by atoms with Gasteiger partial charge < -0.3 is 24.6 Å². The molecule has 2 rings (SSSR count). The van der Waals surface area contributed by atoms with E-state index < -0.39 is 5.97 Å². The lowest BCUT2D eigenvalue weighted by Gasteiger charge is -2.15. The number of hydrogen-bond donors (Lipinski definition) is 2. The smallest absolute Gasteiger partial charge is 0.335 e. The average Bonchev–Trinajstić information content (AvgIpc) is 2.60. The molecular formula is C20H23NO6. The minimum absolute atomic E-state index is 0.0183. The Morgan fingerprint density at radius 1 is 1.11 bits per heavy atom. The van der Waals surface area contributed by atoms with Crippen molar-refractivity contribution in [2.45, 2.75) is 26.4 Å². The fourth-order valence-electron chi connectivity index (χ4n) is 2.56. The van der Waals surface area contributed by atoms with Gasteiger partial charge in [0.25, 0.3) is 0 Å². The maximum atomic E-state index is 12.5. The van der Waals surface area contributed by atoms with Gasteiger partial charge in [-0.2, -0.15) is 0 Å². The predicted octanol–water partition coefficient (Wildman–Crippen LogP) is 3.37. The first-order valence-electron chi connectivity index (χ1n) is 8.38. The van der Waals surface area contributed by atoms with Gasteiger partial charge in [-0.25, -0.2) is 4.79 Å². The molecule has 0 radical (unpaired) electrons. The standard InChI is InChI=1S/C20H23NO6/c1-12(2)27-15-7-5-6-13(8-15)9-18(22)21-16-10-14(20(23)24)11-17(25-3)19(16)26-4/h5-8,10-12H,9H2,1-4H3,(H,21,22)(H,23,24). The van der Waals surface area contributed by atoms with E-state index in [4.69, 9.17) is 14.2 Å². The van der Waals surface area contributed by atoms with Crippen molar-refractivity contribution >= 4 is 17.6 Å². The largest absolute Gasteiger partial charge is 0.493 e. The number of carboxylic acid groups (broad SMARTS) is 1. The van der Waals surface area contributed by atoms with E-state index in [1.807, 2.05) is 32.0 Å². The van der Waals surface area contributed by atoms with Crippen molar-refractivity contribution in [3.05, 3.63) is 47.5 Å². The van der Waals surface area contributed by atoms with E-state index in [2.05, 4.69) is 5.32 Å². The summed E-state index contributed by atoms with van der Waals surface area (Å²) in [5.41, 5.74) is 0.982. The predicted molar refractivity (Wildman–Crippen MR) is 101 cm³/mol. The molecule has 144 valence electrons. The minimum Gasteiger partial charge on any atom is -0.493 e. The van der Waals surface area contributed by atoms with Crippen LogP contribution >= 0.6 is 0 Å². The topological polar surface area (TPSA) is 94.1 Å². The van der Waals surface area contributed by atoms with Crippen molar-refractivity contribution in [3.63, 3.8) is 0 Å². The van der Waals surface area contributed by atoms with Gasteiger partial charge in [-0.05, 0) is 43.7 Å². The Morgan fingerprint density at radius 3 is 2.44 bits per heavy atom. The zero-order valence-corrected chi connectivity index (χ0v) is 15.7. The lowest BCUT2D eigenvalue weighted by Crippen LogP contribution is -2.16. The fourth-order valence-corrected chi connectivity index (χ4v) is 2.56. The van der Waals surface area contributed by atoms with Gasteiger partial charge in [0.05, 0.1) is 38.0 Å². The van der Waals surface area contributed by atoms with Crippen LogP contribution in [0.25, 0.3) is 0 Å². The summed E-state index contributed by atoms with van der Waals surface area (Å²) in [6.45, 7) is 3.85. The molecule has 0 heterocycles. The van der Waals surface area contributed by atoms with Crippen LogP contribution in [0.15, 0.2) is 36.4 Å². The van der Waals surface area contributed by atoms with E-state index in [0.717, 1.165) is 5.56 Å². The average molecular weight is 373 g/mol. The number of methoxy groups -OCH3 is 2. The van der Waals surface area contributed by atoms with Crippen molar-refractivity contribution in [1.82, 2.24) is 0 Å². The third-order valence-electron chi connectivity index (χ3n) is 3.63. The van der Waals surface area contributed by atoms with Crippen molar-refractivity contribution in [1.29, 1.82) is 0 Å². The summed E-state index contributed by atoms with van der Waals surface area (Å²) in [6.07, 6.45) is 0.127. The molecule has 0 aliphatic rings. The number of rotatable bonds is 8. The Bertz CT molecular complexity index is 831. The molecule has 2 aromatic carbocycles. The zero-order valence-electron chi connectivity index (χ0n) is 15.7. The number of carbonyl (C=O) groups is 2. The van der Waals surface area contributed by atoms with Gasteiger partial charge in [0, 0.05) is 0 Å². The van der Waals surface area contributed by atoms with Crippen LogP contribution in [-0.4, -0.2) is 37.3 Å². The Kier molecular flexibility index (Phi) is 6.65. The van der Waals surface area contributed by atoms with Gasteiger partial charge in [0.1, 0.15) is 5.75 Å². The van der Waals surface area contributed by atoms with Crippen LogP contribution in [0.3, 0.4) is 0 Å². The summed E-state index contributed by atoms with van der Waals surface area (Å²) in [5.74, 6) is -0.292. The monoisotopic (exact) mass is 373 g/mol. The highest BCUT2D eigenvalue weighted by molar-refractivity contribution is 5.97. The molecule has 27 heavy (non-hydrogen) atoms. The summed E-state index contributed by atoms with van der Waals surface area (Å²) in [4.78, 5) is 23.8. The molecule has 0 atom stereocenters. The van der Waals surface area contributed by atoms with Crippen LogP contribution in [0.2, 0.25) is 0 Å². The van der Waals surface area contributed by atoms with Gasteiger partial charge in [-0.3, -0.25) is 4.79 Å². The maximum absolute atomic E-state index is 12.5. The molecule has 0 spiro atoms. The van der Waals surface area contributed by atoms with Gasteiger partial charge in [-0.15, -0.1) is 0 Å². The second kappa shape index (κ2) is 8.93. The molecule has 0 aliphatic carbocycles. The zero-order chi connectivity index (χ0) is 20.0. The highest BCUT2D eigenvalue weighted by atomic mass is 16.5. The number of aromatic carboxylic acids is 1. The number of nitrogens with one attached hydrogen (secondary N) is 1. The van der Waals surface area contributed by atoms with Gasteiger partial charge in [0.2, 0.25) is 5.91 Å². The van der Waals surface area contributed by atoms with Crippen molar-refractivity contribution in [3.8, 4) is 17.2 Å². The van der Waals surface area contributed by atoms with Crippen LogP contribution in [0, 0.1) is 0 Å². The molecule has 0 unspecified atom stereocenters. The Balaban J connectivity index is 2.22. The quantitative estimate of drug-likeness (QED) is 0.737. The van der Waals surface area contributed by atoms with Crippen LogP contribution in [0.5, 0.6) is 17.2 Å². The van der Waals surface area contributed by atoms with Crippen molar-refractivity contribution < 1.29 is 28.9 Å². The third kappa shape index (κ3) is 5.37. The van der Waals surface area contributed by atoms with E-state index in [9.17, 15) is 14.7 Å². The van der Waals surface area contributed by atoms with Crippen LogP contribution < -0.4 is 19.5 Å². The lowest BCUT2D eigenvalue weighted by molar-refractivity contribution is -0.115. The SMILES string of the molecule is COc1cc(C(=O)O)cc(NC(=O)Cc2cccc(OC(C)C)c2)c1OC. The summed E-state index contributed by atoms with van der Waals surface area (Å²) in [5, 5.41) is 11.9. The highest BCUT2D eigenvalue weighted by Crippen LogP contribution is 2.36. The van der Waals surface area contributed by atoms with Gasteiger partial charge in [0.15, 0.2) is 11.5 Å². The molecule has 0 aromatic heterocycles. The third-order valence-corrected chi connectivity index (χ3v) is 3.63. The van der Waals surface area contributed by atoms with Gasteiger partial charge >= 0.3 is 5.97 Å². The van der Waals surface area contributed by atoms with E-state index in [-0.39, 0.29) is 41.2 Å². The number of carbonyl (C=O) groups excluding carboxylic acids is 1.